The molecule has 0 radical (unpaired) electrons. The minimum absolute atomic E-state index is 0.0624. The Bertz CT molecular complexity index is 5040. The fourth-order valence-electron chi connectivity index (χ4n) is 14.7. The van der Waals surface area contributed by atoms with Crippen molar-refractivity contribution in [3.8, 4) is 0 Å². The number of pyridine rings is 1. The zero-order valence-electron chi connectivity index (χ0n) is 84.9. The summed E-state index contributed by atoms with van der Waals surface area (Å²) < 4.78 is 125. The predicted molar refractivity (Wildman–Crippen MR) is 567 cm³/mol. The van der Waals surface area contributed by atoms with E-state index in [1.165, 1.54) is 56.3 Å². The number of aromatic nitrogens is 2. The summed E-state index contributed by atoms with van der Waals surface area (Å²) in [5, 5.41) is 80.5. The van der Waals surface area contributed by atoms with Crippen LogP contribution in [0.5, 0.6) is 0 Å². The molecular weight excluding hydrogens is 1930 g/mol. The van der Waals surface area contributed by atoms with Crippen molar-refractivity contribution in [2.45, 2.75) is 263 Å². The fraction of sp³-hybridized carbons (Fsp3) is 0.520. The molecule has 2 saturated heterocycles. The number of hydrogen-bond donors (Lipinski definition) is 12. The first-order chi connectivity index (χ1) is 66.7. The van der Waals surface area contributed by atoms with Gasteiger partial charge < -0.3 is 70.0 Å². The summed E-state index contributed by atoms with van der Waals surface area (Å²) in [5.41, 5.74) is 5.34. The van der Waals surface area contributed by atoms with Gasteiger partial charge in [-0.1, -0.05) is 152 Å². The van der Waals surface area contributed by atoms with Crippen LogP contribution in [-0.4, -0.2) is 212 Å². The normalized spacial score (nSPS) is 12.2. The second-order valence-corrected chi connectivity index (χ2v) is 42.3. The van der Waals surface area contributed by atoms with Crippen molar-refractivity contribution in [3.05, 3.63) is 189 Å². The van der Waals surface area contributed by atoms with E-state index in [9.17, 15) is 91.6 Å². The zero-order chi connectivity index (χ0) is 106. The number of primary sulfonamides is 5. The van der Waals surface area contributed by atoms with Gasteiger partial charge in [-0.2, -0.15) is 11.3 Å². The van der Waals surface area contributed by atoms with Gasteiger partial charge in [0.15, 0.2) is 0 Å². The molecule has 0 unspecified atom stereocenters. The van der Waals surface area contributed by atoms with Crippen LogP contribution in [0.2, 0.25) is 0 Å². The Morgan fingerprint density at radius 2 is 0.567 bits per heavy atom. The number of unbranched alkanes of at least 4 members (excludes halogenated alkanes) is 10. The number of rotatable bonds is 46. The molecule has 17 N–H and O–H groups in total. The Morgan fingerprint density at radius 3 is 0.730 bits per heavy atom. The number of ether oxygens (including phenoxy) is 1. The molecule has 0 spiro atoms. The number of aromatic carboxylic acids is 5. The number of carbonyl (C=O) groups is 5. The molecule has 0 bridgehead atoms. The second-order valence-electron chi connectivity index (χ2n) is 33.8. The number of nitrogens with two attached hydrogens (primary N) is 5. The van der Waals surface area contributed by atoms with Gasteiger partial charge in [0.1, 0.15) is 4.90 Å². The average Bonchev–Trinajstić information content (AvgIpc) is 1.12. The lowest BCUT2D eigenvalue weighted by Crippen LogP contribution is -2.39. The first-order valence-corrected chi connectivity index (χ1v) is 57.1. The number of hydrogen-bond acceptors (Lipinski definition) is 25. The van der Waals surface area contributed by atoms with Gasteiger partial charge in [0.2, 0.25) is 50.1 Å². The molecule has 5 aromatic carbocycles. The highest BCUT2D eigenvalue weighted by molar-refractivity contribution is 7.90. The molecule has 0 amide bonds. The monoisotopic (exact) mass is 2080 g/mol. The van der Waals surface area contributed by atoms with Crippen molar-refractivity contribution >= 4 is 125 Å². The Balaban J connectivity index is 0.000000564. The summed E-state index contributed by atoms with van der Waals surface area (Å²) in [5.74, 6) is -5.83. The van der Waals surface area contributed by atoms with E-state index in [-0.39, 0.29) is 52.3 Å². The predicted octanol–water partition coefficient (Wildman–Crippen LogP) is 17.5. The van der Waals surface area contributed by atoms with Gasteiger partial charge in [0.05, 0.1) is 72.0 Å². The Morgan fingerprint density at radius 1 is 0.340 bits per heavy atom. The lowest BCUT2D eigenvalue weighted by Gasteiger charge is -2.36. The largest absolute Gasteiger partial charge is 0.478 e. The van der Waals surface area contributed by atoms with E-state index in [1.54, 1.807) is 57.5 Å². The minimum atomic E-state index is -4.11. The Kier molecular flexibility index (Phi) is 60.7. The van der Waals surface area contributed by atoms with Crippen LogP contribution in [0, 0.1) is 27.7 Å². The maximum absolute atomic E-state index is 12.4. The molecule has 2 fully saturated rings. The van der Waals surface area contributed by atoms with Crippen molar-refractivity contribution in [1.29, 1.82) is 0 Å². The third-order valence-electron chi connectivity index (χ3n) is 22.4. The topological polar surface area (TPSA) is 557 Å². The summed E-state index contributed by atoms with van der Waals surface area (Å²) in [6.07, 6.45) is 29.5. The summed E-state index contributed by atoms with van der Waals surface area (Å²) in [4.78, 5) is 75.3. The molecule has 5 heterocycles. The highest BCUT2D eigenvalue weighted by Crippen LogP contribution is 2.40. The Labute approximate surface area is 842 Å². The van der Waals surface area contributed by atoms with E-state index in [4.69, 9.17) is 30.4 Å². The van der Waals surface area contributed by atoms with Crippen LogP contribution in [0.25, 0.3) is 0 Å². The number of nitrogens with one attached hydrogen (secondary N) is 2. The van der Waals surface area contributed by atoms with Gasteiger partial charge in [0, 0.05) is 126 Å². The maximum Gasteiger partial charge on any atom is 0.335 e. The molecule has 35 nitrogen and oxygen atoms in total. The molecule has 0 atom stereocenters. The van der Waals surface area contributed by atoms with E-state index >= 15 is 0 Å². The van der Waals surface area contributed by atoms with E-state index < -0.39 is 80.0 Å². The van der Waals surface area contributed by atoms with Crippen LogP contribution in [0.4, 0.5) is 34.1 Å². The summed E-state index contributed by atoms with van der Waals surface area (Å²) >= 11 is 1.71. The smallest absolute Gasteiger partial charge is 0.335 e. The number of H-pyrrole nitrogens is 1. The number of thiophene rings is 1. The highest BCUT2D eigenvalue weighted by Gasteiger charge is 2.31. The lowest BCUT2D eigenvalue weighted by atomic mass is 10.1. The van der Waals surface area contributed by atoms with Crippen LogP contribution in [0.1, 0.15) is 285 Å². The zero-order valence-corrected chi connectivity index (χ0v) is 89.8. The molecule has 3 aromatic heterocycles. The van der Waals surface area contributed by atoms with Crippen LogP contribution in [0.15, 0.2) is 163 Å². The maximum atomic E-state index is 12.4. The number of sulfonamides is 5. The third-order valence-corrected chi connectivity index (χ3v) is 28.1. The average molecular weight is 2080 g/mol. The van der Waals surface area contributed by atoms with Gasteiger partial charge in [0.25, 0.3) is 0 Å². The van der Waals surface area contributed by atoms with Crippen molar-refractivity contribution in [3.63, 3.8) is 0 Å². The van der Waals surface area contributed by atoms with Crippen molar-refractivity contribution < 1.29 is 96.3 Å². The van der Waals surface area contributed by atoms with E-state index in [2.05, 4.69) is 109 Å². The molecular formula is C100H158N14O21S6. The summed E-state index contributed by atoms with van der Waals surface area (Å²) in [6, 6.07) is 27.1. The van der Waals surface area contributed by atoms with E-state index in [0.29, 0.717) is 82.7 Å². The Hall–Kier alpha value is -10.2. The molecule has 41 heteroatoms. The van der Waals surface area contributed by atoms with Gasteiger partial charge >= 0.3 is 29.8 Å². The number of benzene rings is 5. The minimum Gasteiger partial charge on any atom is -0.478 e. The molecule has 141 heavy (non-hydrogen) atoms. The van der Waals surface area contributed by atoms with Gasteiger partial charge in [-0.25, -0.2) is 91.8 Å². The standard InChI is InChI=1S/C19H31N3O5S.4C16H26N2O4S.C5H5N.C4H9N.C4H5N.C4H4S/c1-3-5-7-21(8-6-4-2)16-13-15(19(23)24)14-17(28(20,25)26)18(16)22-9-11-27-12-10-22;4*1-4-6-8-18(9-7-5-2)14-10-13(16(19)20)11-15(12(14)3)23(17,21)22;1-2-4-6-5-3-1;3*1-2-4-5-3-1/h13-14H,3-12H2,1-2H3,(H,23,24)(H2,20,25,26);4*10-11H,4-9H2,1-3H3,(H,19,20)(H2,17,21,22);1-5H;5H,1-4H2;1-5H;1-4H. The first-order valence-electron chi connectivity index (χ1n) is 48.4. The lowest BCUT2D eigenvalue weighted by molar-refractivity contribution is 0.0685. The number of anilines is 6. The molecule has 790 valence electrons. The van der Waals surface area contributed by atoms with Gasteiger partial charge in [-0.3, -0.25) is 4.98 Å². The van der Waals surface area contributed by atoms with E-state index in [0.717, 1.165) is 218 Å². The van der Waals surface area contributed by atoms with Crippen LogP contribution < -0.4 is 60.4 Å². The van der Waals surface area contributed by atoms with Crippen molar-refractivity contribution in [1.82, 2.24) is 15.3 Å². The number of nitrogens with zero attached hydrogens (tertiary/aromatic N) is 7. The van der Waals surface area contributed by atoms with E-state index in [1.807, 2.05) is 70.5 Å². The third kappa shape index (κ3) is 46.8. The molecule has 0 saturated carbocycles. The number of carboxylic acids is 5. The SMILES string of the molecule is C1CCNC1.CCCCN(CCCC)c1cc(C(=O)O)cc(S(N)(=O)=O)c1C.CCCCN(CCCC)c1cc(C(=O)O)cc(S(N)(=O)=O)c1C.CCCCN(CCCC)c1cc(C(=O)O)cc(S(N)(=O)=O)c1C.CCCCN(CCCC)c1cc(C(=O)O)cc(S(N)(=O)=O)c1C.CCCCN(CCCC)c1cc(C(=O)O)cc(S(N)(=O)=O)c1N1CCOCC1.c1cc[nH]c1.c1ccncc1.c1ccsc1. The second kappa shape index (κ2) is 67.4. The molecule has 0 aliphatic carbocycles. The molecule has 8 aromatic rings. The fourth-order valence-corrected chi connectivity index (χ4v) is 19.2. The van der Waals surface area contributed by atoms with Crippen LogP contribution in [-0.2, 0) is 54.9 Å². The van der Waals surface area contributed by atoms with Crippen LogP contribution in [0.3, 0.4) is 0 Å². The number of carboxylic acid groups (broad SMARTS) is 5. The summed E-state index contributed by atoms with van der Waals surface area (Å²) in [7, 11) is -20.0. The number of aromatic amines is 1. The number of morpholine rings is 1. The quantitative estimate of drug-likeness (QED) is 0.0169. The van der Waals surface area contributed by atoms with Crippen LogP contribution >= 0.6 is 11.3 Å². The van der Waals surface area contributed by atoms with Gasteiger partial charge in [-0.15, -0.1) is 0 Å². The highest BCUT2D eigenvalue weighted by atomic mass is 32.2. The molecule has 2 aliphatic rings. The molecule has 10 rings (SSSR count). The van der Waals surface area contributed by atoms with Gasteiger partial charge in [-0.05, 0) is 236 Å². The van der Waals surface area contributed by atoms with Crippen molar-refractivity contribution in [2.75, 3.05) is 134 Å². The summed E-state index contributed by atoms with van der Waals surface area (Å²) in [6.45, 7) is 39.5. The first kappa shape index (κ1) is 127. The van der Waals surface area contributed by atoms with Crippen molar-refractivity contribution in [2.24, 2.45) is 25.7 Å². The molecule has 2 aliphatic heterocycles.